The number of nitrogens with zero attached hydrogens (tertiary/aromatic N) is 4. The van der Waals surface area contributed by atoms with Crippen LogP contribution in [0.5, 0.6) is 0 Å². The minimum absolute atomic E-state index is 0.0479. The van der Waals surface area contributed by atoms with Crippen LogP contribution >= 0.6 is 11.8 Å². The van der Waals surface area contributed by atoms with Crippen molar-refractivity contribution in [3.8, 4) is 0 Å². The SMILES string of the molecule is O=C(Cc1cc(=O)[nH]c(SCc2ccc(F)cc2)n1)N1CCN(c2ccccn2)CC1. The number of hydrogen-bond acceptors (Lipinski definition) is 6. The van der Waals surface area contributed by atoms with E-state index in [1.54, 1.807) is 23.2 Å². The lowest BCUT2D eigenvalue weighted by Crippen LogP contribution is -2.49. The van der Waals surface area contributed by atoms with Crippen molar-refractivity contribution in [1.82, 2.24) is 19.9 Å². The molecule has 1 fully saturated rings. The van der Waals surface area contributed by atoms with Gasteiger partial charge in [0.1, 0.15) is 11.6 Å². The number of piperazine rings is 1. The Morgan fingerprint density at radius 3 is 2.58 bits per heavy atom. The van der Waals surface area contributed by atoms with E-state index >= 15 is 0 Å². The lowest BCUT2D eigenvalue weighted by molar-refractivity contribution is -0.130. The maximum Gasteiger partial charge on any atom is 0.251 e. The Morgan fingerprint density at radius 2 is 1.87 bits per heavy atom. The third kappa shape index (κ3) is 5.69. The normalized spacial score (nSPS) is 14.0. The standard InChI is InChI=1S/C22H22FN5O2S/c23-17-6-4-16(5-7-17)15-31-22-25-18(13-20(29)26-22)14-21(30)28-11-9-27(10-12-28)19-3-1-2-8-24-19/h1-8,13H,9-12,14-15H2,(H,25,26,29). The highest BCUT2D eigenvalue weighted by atomic mass is 32.2. The van der Waals surface area contributed by atoms with Gasteiger partial charge < -0.3 is 14.8 Å². The van der Waals surface area contributed by atoms with E-state index in [-0.39, 0.29) is 23.7 Å². The van der Waals surface area contributed by atoms with Crippen LogP contribution in [-0.2, 0) is 17.0 Å². The van der Waals surface area contributed by atoms with Crippen molar-refractivity contribution in [3.05, 3.63) is 82.2 Å². The first-order chi connectivity index (χ1) is 15.1. The summed E-state index contributed by atoms with van der Waals surface area (Å²) in [6.07, 6.45) is 1.84. The Bertz CT molecular complexity index is 1080. The van der Waals surface area contributed by atoms with Crippen molar-refractivity contribution >= 4 is 23.5 Å². The van der Waals surface area contributed by atoms with Gasteiger partial charge in [0.25, 0.3) is 5.56 Å². The maximum atomic E-state index is 13.0. The fourth-order valence-corrected chi connectivity index (χ4v) is 4.22. The van der Waals surface area contributed by atoms with Crippen LogP contribution in [0, 0.1) is 5.82 Å². The number of amides is 1. The van der Waals surface area contributed by atoms with Gasteiger partial charge in [-0.05, 0) is 29.8 Å². The molecular weight excluding hydrogens is 417 g/mol. The first-order valence-electron chi connectivity index (χ1n) is 9.98. The number of anilines is 1. The molecule has 0 radical (unpaired) electrons. The van der Waals surface area contributed by atoms with E-state index in [1.165, 1.54) is 30.0 Å². The minimum atomic E-state index is -0.292. The largest absolute Gasteiger partial charge is 0.353 e. The fraction of sp³-hybridized carbons (Fsp3) is 0.273. The molecule has 0 unspecified atom stereocenters. The smallest absolute Gasteiger partial charge is 0.251 e. The number of halogens is 1. The predicted octanol–water partition coefficient (Wildman–Crippen LogP) is 2.49. The number of thioether (sulfide) groups is 1. The Morgan fingerprint density at radius 1 is 1.10 bits per heavy atom. The van der Waals surface area contributed by atoms with Gasteiger partial charge >= 0.3 is 0 Å². The number of H-pyrrole nitrogens is 1. The molecule has 2 aromatic heterocycles. The van der Waals surface area contributed by atoms with Crippen molar-refractivity contribution in [3.63, 3.8) is 0 Å². The van der Waals surface area contributed by atoms with Crippen molar-refractivity contribution in [2.24, 2.45) is 0 Å². The van der Waals surface area contributed by atoms with Gasteiger partial charge in [-0.1, -0.05) is 30.0 Å². The van der Waals surface area contributed by atoms with Crippen LogP contribution in [0.2, 0.25) is 0 Å². The van der Waals surface area contributed by atoms with E-state index in [0.29, 0.717) is 42.8 Å². The Labute approximate surface area is 183 Å². The zero-order valence-electron chi connectivity index (χ0n) is 16.8. The Kier molecular flexibility index (Phi) is 6.61. The van der Waals surface area contributed by atoms with Gasteiger partial charge in [-0.15, -0.1) is 0 Å². The summed E-state index contributed by atoms with van der Waals surface area (Å²) in [5.74, 6) is 1.11. The number of nitrogens with one attached hydrogen (secondary N) is 1. The zero-order chi connectivity index (χ0) is 21.6. The molecule has 9 heteroatoms. The molecule has 0 bridgehead atoms. The summed E-state index contributed by atoms with van der Waals surface area (Å²) in [6, 6.07) is 13.3. The monoisotopic (exact) mass is 439 g/mol. The summed E-state index contributed by atoms with van der Waals surface area (Å²) in [4.78, 5) is 40.2. The third-order valence-corrected chi connectivity index (χ3v) is 5.94. The summed E-state index contributed by atoms with van der Waals surface area (Å²) in [6.45, 7) is 2.63. The number of aromatic nitrogens is 3. The molecule has 0 atom stereocenters. The quantitative estimate of drug-likeness (QED) is 0.469. The number of carbonyl (C=O) groups is 1. The molecule has 1 amide bonds. The zero-order valence-corrected chi connectivity index (χ0v) is 17.6. The van der Waals surface area contributed by atoms with E-state index in [0.717, 1.165) is 11.4 Å². The molecule has 4 rings (SSSR count). The second kappa shape index (κ2) is 9.74. The fourth-order valence-electron chi connectivity index (χ4n) is 3.37. The highest BCUT2D eigenvalue weighted by molar-refractivity contribution is 7.98. The Balaban J connectivity index is 1.34. The van der Waals surface area contributed by atoms with Crippen molar-refractivity contribution < 1.29 is 9.18 Å². The molecule has 160 valence electrons. The van der Waals surface area contributed by atoms with Gasteiger partial charge in [0.05, 0.1) is 12.1 Å². The molecule has 31 heavy (non-hydrogen) atoms. The number of pyridine rings is 1. The summed E-state index contributed by atoms with van der Waals surface area (Å²) >= 11 is 1.34. The van der Waals surface area contributed by atoms with Gasteiger partial charge in [0.2, 0.25) is 5.91 Å². The van der Waals surface area contributed by atoms with Crippen LogP contribution in [0.15, 0.2) is 64.7 Å². The first-order valence-corrected chi connectivity index (χ1v) is 11.0. The average molecular weight is 440 g/mol. The molecule has 1 aromatic carbocycles. The van der Waals surface area contributed by atoms with Gasteiger partial charge in [0, 0.05) is 44.2 Å². The van der Waals surface area contributed by atoms with E-state index in [1.807, 2.05) is 18.2 Å². The second-order valence-electron chi connectivity index (χ2n) is 7.19. The summed E-state index contributed by atoms with van der Waals surface area (Å²) in [5, 5.41) is 0.444. The average Bonchev–Trinajstić information content (AvgIpc) is 2.79. The molecule has 0 aliphatic carbocycles. The number of hydrogen-bond donors (Lipinski definition) is 1. The van der Waals surface area contributed by atoms with Crippen molar-refractivity contribution in [1.29, 1.82) is 0 Å². The third-order valence-electron chi connectivity index (χ3n) is 5.00. The number of carbonyl (C=O) groups excluding carboxylic acids is 1. The Hall–Kier alpha value is -3.20. The molecular formula is C22H22FN5O2S. The number of aromatic amines is 1. The molecule has 1 aliphatic heterocycles. The molecule has 7 nitrogen and oxygen atoms in total. The van der Waals surface area contributed by atoms with Crippen LogP contribution in [0.1, 0.15) is 11.3 Å². The van der Waals surface area contributed by atoms with Crippen molar-refractivity contribution in [2.45, 2.75) is 17.3 Å². The molecule has 3 aromatic rings. The second-order valence-corrected chi connectivity index (χ2v) is 8.15. The van der Waals surface area contributed by atoms with E-state index < -0.39 is 0 Å². The molecule has 1 saturated heterocycles. The van der Waals surface area contributed by atoms with Crippen molar-refractivity contribution in [2.75, 3.05) is 31.1 Å². The minimum Gasteiger partial charge on any atom is -0.353 e. The van der Waals surface area contributed by atoms with Crippen LogP contribution in [0.3, 0.4) is 0 Å². The molecule has 0 saturated carbocycles. The topological polar surface area (TPSA) is 82.2 Å². The molecule has 1 N–H and O–H groups in total. The van der Waals surface area contributed by atoms with Crippen LogP contribution in [0.4, 0.5) is 10.2 Å². The van der Waals surface area contributed by atoms with Gasteiger partial charge in [-0.3, -0.25) is 9.59 Å². The van der Waals surface area contributed by atoms with Crippen LogP contribution in [0.25, 0.3) is 0 Å². The highest BCUT2D eigenvalue weighted by Crippen LogP contribution is 2.19. The summed E-state index contributed by atoms with van der Waals surface area (Å²) in [7, 11) is 0. The van der Waals surface area contributed by atoms with Crippen LogP contribution in [-0.4, -0.2) is 51.9 Å². The molecule has 0 spiro atoms. The lowest BCUT2D eigenvalue weighted by atomic mass is 10.2. The van der Waals surface area contributed by atoms with Gasteiger partial charge in [-0.25, -0.2) is 14.4 Å². The van der Waals surface area contributed by atoms with Gasteiger partial charge in [0.15, 0.2) is 5.16 Å². The molecule has 3 heterocycles. The van der Waals surface area contributed by atoms with E-state index in [9.17, 15) is 14.0 Å². The highest BCUT2D eigenvalue weighted by Gasteiger charge is 2.22. The first kappa shape index (κ1) is 21.0. The maximum absolute atomic E-state index is 13.0. The van der Waals surface area contributed by atoms with E-state index in [2.05, 4.69) is 19.9 Å². The summed E-state index contributed by atoms with van der Waals surface area (Å²) < 4.78 is 13.0. The van der Waals surface area contributed by atoms with Crippen LogP contribution < -0.4 is 10.5 Å². The number of benzene rings is 1. The lowest BCUT2D eigenvalue weighted by Gasteiger charge is -2.35. The predicted molar refractivity (Wildman–Crippen MR) is 118 cm³/mol. The number of rotatable bonds is 6. The summed E-state index contributed by atoms with van der Waals surface area (Å²) in [5.41, 5.74) is 1.07. The molecule has 1 aliphatic rings. The van der Waals surface area contributed by atoms with E-state index in [4.69, 9.17) is 0 Å². The van der Waals surface area contributed by atoms with Gasteiger partial charge in [-0.2, -0.15) is 0 Å².